The topological polar surface area (TPSA) is 99.4 Å². The van der Waals surface area contributed by atoms with Gasteiger partial charge in [0.1, 0.15) is 11.4 Å². The van der Waals surface area contributed by atoms with Crippen LogP contribution in [-0.4, -0.2) is 44.3 Å². The first kappa shape index (κ1) is 21.2. The lowest BCUT2D eigenvalue weighted by molar-refractivity contribution is -0.143. The predicted molar refractivity (Wildman–Crippen MR) is 115 cm³/mol. The molecule has 164 valence electrons. The Morgan fingerprint density at radius 1 is 1.12 bits per heavy atom. The van der Waals surface area contributed by atoms with Crippen LogP contribution in [0.2, 0.25) is 0 Å². The Kier molecular flexibility index (Phi) is 6.25. The Labute approximate surface area is 183 Å². The average molecular weight is 436 g/mol. The van der Waals surface area contributed by atoms with Crippen LogP contribution in [0, 0.1) is 5.82 Å². The fourth-order valence-electron chi connectivity index (χ4n) is 3.12. The highest BCUT2D eigenvalue weighted by atomic mass is 19.1. The number of carbonyl (C=O) groups excluding carboxylic acids is 1. The third kappa shape index (κ3) is 4.83. The minimum Gasteiger partial charge on any atom is -0.505 e. The summed E-state index contributed by atoms with van der Waals surface area (Å²) in [5, 5.41) is 18.4. The first-order chi connectivity index (χ1) is 15.5. The number of pyridine rings is 1. The Balaban J connectivity index is 1.45. The lowest BCUT2D eigenvalue weighted by atomic mass is 10.1. The number of aromatic hydroxyl groups is 1. The molecule has 0 fully saturated rings. The number of nitrogens with zero attached hydrogens (tertiary/aromatic N) is 4. The van der Waals surface area contributed by atoms with Crippen LogP contribution in [0.15, 0.2) is 54.7 Å². The first-order valence-electron chi connectivity index (χ1n) is 10.1. The fourth-order valence-corrected chi connectivity index (χ4v) is 3.12. The molecule has 2 heterocycles. The van der Waals surface area contributed by atoms with Gasteiger partial charge in [-0.05, 0) is 49.7 Å². The van der Waals surface area contributed by atoms with E-state index in [2.05, 4.69) is 15.3 Å². The Hall–Kier alpha value is -4.01. The third-order valence-corrected chi connectivity index (χ3v) is 4.71. The molecule has 8 nitrogen and oxygen atoms in total. The minimum absolute atomic E-state index is 0.223. The van der Waals surface area contributed by atoms with Crippen molar-refractivity contribution in [3.05, 3.63) is 60.5 Å². The van der Waals surface area contributed by atoms with Gasteiger partial charge in [0.25, 0.3) is 0 Å². The van der Waals surface area contributed by atoms with E-state index < -0.39 is 11.6 Å². The highest BCUT2D eigenvalue weighted by molar-refractivity contribution is 5.82. The van der Waals surface area contributed by atoms with Crippen LogP contribution in [-0.2, 0) is 9.53 Å². The van der Waals surface area contributed by atoms with Gasteiger partial charge >= 0.3 is 5.97 Å². The molecule has 1 N–H and O–H groups in total. The summed E-state index contributed by atoms with van der Waals surface area (Å²) in [5.41, 5.74) is 2.34. The zero-order chi connectivity index (χ0) is 22.5. The molecule has 0 saturated heterocycles. The van der Waals surface area contributed by atoms with E-state index in [0.717, 1.165) is 10.9 Å². The number of phenolic OH excluding ortho intramolecular Hbond substituents is 1. The lowest BCUT2D eigenvalue weighted by Crippen LogP contribution is -2.06. The second-order valence-corrected chi connectivity index (χ2v) is 6.99. The van der Waals surface area contributed by atoms with Gasteiger partial charge in [-0.1, -0.05) is 11.3 Å². The fraction of sp³-hybridized carbons (Fsp3) is 0.217. The maximum absolute atomic E-state index is 13.6. The summed E-state index contributed by atoms with van der Waals surface area (Å²) in [5.74, 6) is -0.690. The molecule has 0 unspecified atom stereocenters. The second-order valence-electron chi connectivity index (χ2n) is 6.99. The zero-order valence-electron chi connectivity index (χ0n) is 17.4. The summed E-state index contributed by atoms with van der Waals surface area (Å²) in [7, 11) is 0. The largest absolute Gasteiger partial charge is 0.505 e. The Morgan fingerprint density at radius 2 is 2.00 bits per heavy atom. The van der Waals surface area contributed by atoms with Crippen molar-refractivity contribution >= 4 is 16.9 Å². The molecule has 4 rings (SSSR count). The number of esters is 1. The van der Waals surface area contributed by atoms with Gasteiger partial charge in [0.2, 0.25) is 0 Å². The molecule has 32 heavy (non-hydrogen) atoms. The number of benzene rings is 2. The van der Waals surface area contributed by atoms with Crippen LogP contribution in [0.4, 0.5) is 4.39 Å². The molecule has 4 aromatic rings. The number of hydrogen-bond acceptors (Lipinski definition) is 7. The summed E-state index contributed by atoms with van der Waals surface area (Å²) in [6, 6.07) is 13.2. The highest BCUT2D eigenvalue weighted by Gasteiger charge is 2.10. The smallest absolute Gasteiger partial charge is 0.305 e. The van der Waals surface area contributed by atoms with Gasteiger partial charge in [0.15, 0.2) is 11.6 Å². The molecule has 0 aliphatic carbocycles. The van der Waals surface area contributed by atoms with Crippen molar-refractivity contribution in [3.8, 4) is 28.6 Å². The van der Waals surface area contributed by atoms with Crippen LogP contribution >= 0.6 is 0 Å². The number of carbonyl (C=O) groups is 1. The van der Waals surface area contributed by atoms with Gasteiger partial charge in [0.05, 0.1) is 36.3 Å². The summed E-state index contributed by atoms with van der Waals surface area (Å²) in [4.78, 5) is 16.0. The minimum atomic E-state index is -0.734. The van der Waals surface area contributed by atoms with Crippen molar-refractivity contribution in [3.63, 3.8) is 0 Å². The van der Waals surface area contributed by atoms with Gasteiger partial charge in [-0.3, -0.25) is 4.79 Å². The quantitative estimate of drug-likeness (QED) is 0.329. The highest BCUT2D eigenvalue weighted by Crippen LogP contribution is 2.24. The lowest BCUT2D eigenvalue weighted by Gasteiger charge is -2.07. The van der Waals surface area contributed by atoms with Crippen molar-refractivity contribution in [1.29, 1.82) is 0 Å². The van der Waals surface area contributed by atoms with E-state index in [1.165, 1.54) is 16.8 Å². The van der Waals surface area contributed by atoms with Crippen LogP contribution in [0.1, 0.15) is 19.8 Å². The van der Waals surface area contributed by atoms with Crippen molar-refractivity contribution < 1.29 is 23.8 Å². The first-order valence-corrected chi connectivity index (χ1v) is 10.1. The van der Waals surface area contributed by atoms with Crippen LogP contribution in [0.25, 0.3) is 28.0 Å². The number of fused-ring (bicyclic) bond motifs is 1. The molecule has 9 heteroatoms. The van der Waals surface area contributed by atoms with Crippen LogP contribution in [0.5, 0.6) is 11.5 Å². The van der Waals surface area contributed by atoms with Crippen LogP contribution < -0.4 is 4.74 Å². The average Bonchev–Trinajstić information content (AvgIpc) is 3.29. The SMILES string of the molecule is CCOC(=O)CCCOc1ccc2nc(-c3cn(-c4ccc(O)c(F)c4)nn3)ccc2c1. The standard InChI is InChI=1S/C23H21FN4O4/c1-2-31-23(30)4-3-11-32-17-7-9-19-15(12-17)5-8-20(25-19)21-14-28(27-26-21)16-6-10-22(29)18(24)13-16/h5-10,12-14,29H,2-4,11H2,1H3. The monoisotopic (exact) mass is 436 g/mol. The number of hydrogen-bond donors (Lipinski definition) is 1. The van der Waals surface area contributed by atoms with Crippen molar-refractivity contribution in [2.75, 3.05) is 13.2 Å². The molecule has 0 spiro atoms. The van der Waals surface area contributed by atoms with Gasteiger partial charge in [-0.2, -0.15) is 0 Å². The Bertz CT molecular complexity index is 1260. The maximum atomic E-state index is 13.6. The van der Waals surface area contributed by atoms with E-state index in [1.54, 1.807) is 19.2 Å². The second kappa shape index (κ2) is 9.42. The van der Waals surface area contributed by atoms with Crippen molar-refractivity contribution in [2.24, 2.45) is 0 Å². The molecular weight excluding hydrogens is 415 g/mol. The summed E-state index contributed by atoms with van der Waals surface area (Å²) in [6.07, 6.45) is 2.54. The molecule has 0 radical (unpaired) electrons. The number of rotatable bonds is 8. The molecule has 0 atom stereocenters. The zero-order valence-corrected chi connectivity index (χ0v) is 17.4. The number of halogens is 1. The van der Waals surface area contributed by atoms with Gasteiger partial charge in [-0.15, -0.1) is 5.10 Å². The number of aromatic nitrogens is 4. The number of phenols is 1. The van der Waals surface area contributed by atoms with E-state index >= 15 is 0 Å². The normalized spacial score (nSPS) is 10.9. The Morgan fingerprint density at radius 3 is 2.81 bits per heavy atom. The summed E-state index contributed by atoms with van der Waals surface area (Å²) < 4.78 is 25.6. The van der Waals surface area contributed by atoms with E-state index in [0.29, 0.717) is 48.9 Å². The molecule has 0 aliphatic rings. The number of ether oxygens (including phenoxy) is 2. The summed E-state index contributed by atoms with van der Waals surface area (Å²) in [6.45, 7) is 2.57. The van der Waals surface area contributed by atoms with Gasteiger partial charge in [0, 0.05) is 17.9 Å². The summed E-state index contributed by atoms with van der Waals surface area (Å²) >= 11 is 0. The van der Waals surface area contributed by atoms with Crippen molar-refractivity contribution in [2.45, 2.75) is 19.8 Å². The van der Waals surface area contributed by atoms with E-state index in [4.69, 9.17) is 9.47 Å². The third-order valence-electron chi connectivity index (χ3n) is 4.71. The van der Waals surface area contributed by atoms with Gasteiger partial charge < -0.3 is 14.6 Å². The predicted octanol–water partition coefficient (Wildman–Crippen LogP) is 4.05. The molecule has 0 aliphatic heterocycles. The van der Waals surface area contributed by atoms with Crippen LogP contribution in [0.3, 0.4) is 0 Å². The maximum Gasteiger partial charge on any atom is 0.305 e. The van der Waals surface area contributed by atoms with E-state index in [-0.39, 0.29) is 5.97 Å². The van der Waals surface area contributed by atoms with E-state index in [1.807, 2.05) is 30.3 Å². The molecule has 2 aromatic heterocycles. The molecule has 2 aromatic carbocycles. The van der Waals surface area contributed by atoms with Crippen molar-refractivity contribution in [1.82, 2.24) is 20.0 Å². The molecular formula is C23H21FN4O4. The molecule has 0 bridgehead atoms. The van der Waals surface area contributed by atoms with E-state index in [9.17, 15) is 14.3 Å². The molecule has 0 saturated carbocycles. The van der Waals surface area contributed by atoms with Gasteiger partial charge in [-0.25, -0.2) is 14.1 Å². The molecule has 0 amide bonds.